The first-order valence-corrected chi connectivity index (χ1v) is 9.16. The lowest BCUT2D eigenvalue weighted by atomic mass is 10.1. The molecule has 1 amide bonds. The van der Waals surface area contributed by atoms with E-state index < -0.39 is 0 Å². The molecule has 6 heteroatoms. The standard InChI is InChI=1S/C22H17ClN4O/c23-18-8-6-15(7-9-18)14-26-20-13-17(10-12-24-20)22(28)27-19-5-1-3-16-4-2-11-25-21(16)19/h1-13H,14H2,(H,24,26)(H,27,28). The average molecular weight is 389 g/mol. The molecular weight excluding hydrogens is 372 g/mol. The normalized spacial score (nSPS) is 10.6. The Morgan fingerprint density at radius 3 is 2.61 bits per heavy atom. The van der Waals surface area contributed by atoms with Crippen LogP contribution in [0.2, 0.25) is 5.02 Å². The van der Waals surface area contributed by atoms with E-state index in [1.54, 1.807) is 24.5 Å². The van der Waals surface area contributed by atoms with Crippen molar-refractivity contribution in [1.29, 1.82) is 0 Å². The minimum atomic E-state index is -0.213. The Labute approximate surface area is 167 Å². The van der Waals surface area contributed by atoms with Gasteiger partial charge in [-0.05, 0) is 42.0 Å². The van der Waals surface area contributed by atoms with Gasteiger partial charge in [-0.2, -0.15) is 0 Å². The van der Waals surface area contributed by atoms with E-state index in [0.717, 1.165) is 16.5 Å². The Morgan fingerprint density at radius 1 is 0.929 bits per heavy atom. The molecule has 0 bridgehead atoms. The van der Waals surface area contributed by atoms with Gasteiger partial charge in [-0.3, -0.25) is 9.78 Å². The third-order valence-corrected chi connectivity index (χ3v) is 4.54. The number of aromatic nitrogens is 2. The van der Waals surface area contributed by atoms with Crippen LogP contribution in [-0.2, 0) is 6.54 Å². The summed E-state index contributed by atoms with van der Waals surface area (Å²) in [4.78, 5) is 21.4. The molecule has 2 aromatic carbocycles. The summed E-state index contributed by atoms with van der Waals surface area (Å²) in [5.74, 6) is 0.411. The quantitative estimate of drug-likeness (QED) is 0.496. The maximum absolute atomic E-state index is 12.7. The summed E-state index contributed by atoms with van der Waals surface area (Å²) < 4.78 is 0. The van der Waals surface area contributed by atoms with E-state index in [2.05, 4.69) is 20.6 Å². The molecule has 2 heterocycles. The number of nitrogens with one attached hydrogen (secondary N) is 2. The fourth-order valence-corrected chi connectivity index (χ4v) is 2.99. The molecule has 0 radical (unpaired) electrons. The summed E-state index contributed by atoms with van der Waals surface area (Å²) in [5.41, 5.74) is 3.02. The lowest BCUT2D eigenvalue weighted by Gasteiger charge is -2.10. The highest BCUT2D eigenvalue weighted by Gasteiger charge is 2.10. The fraction of sp³-hybridized carbons (Fsp3) is 0.0455. The van der Waals surface area contributed by atoms with Crippen LogP contribution in [-0.4, -0.2) is 15.9 Å². The number of benzene rings is 2. The van der Waals surface area contributed by atoms with Crippen molar-refractivity contribution >= 4 is 39.9 Å². The van der Waals surface area contributed by atoms with E-state index in [-0.39, 0.29) is 5.91 Å². The number of carbonyl (C=O) groups is 1. The molecule has 5 nitrogen and oxygen atoms in total. The predicted octanol–water partition coefficient (Wildman–Crippen LogP) is 5.15. The minimum Gasteiger partial charge on any atom is -0.366 e. The van der Waals surface area contributed by atoms with Gasteiger partial charge in [-0.15, -0.1) is 0 Å². The van der Waals surface area contributed by atoms with Crippen LogP contribution in [0.5, 0.6) is 0 Å². The summed E-state index contributed by atoms with van der Waals surface area (Å²) in [6.07, 6.45) is 3.32. The molecule has 0 atom stereocenters. The van der Waals surface area contributed by atoms with Crippen LogP contribution in [0.25, 0.3) is 10.9 Å². The number of rotatable bonds is 5. The molecule has 0 spiro atoms. The number of carbonyl (C=O) groups excluding carboxylic acids is 1. The van der Waals surface area contributed by atoms with Crippen molar-refractivity contribution in [2.45, 2.75) is 6.54 Å². The van der Waals surface area contributed by atoms with Gasteiger partial charge in [0.2, 0.25) is 0 Å². The van der Waals surface area contributed by atoms with Crippen molar-refractivity contribution < 1.29 is 4.79 Å². The number of amides is 1. The molecule has 2 aromatic heterocycles. The number of fused-ring (bicyclic) bond motifs is 1. The summed E-state index contributed by atoms with van der Waals surface area (Å²) in [7, 11) is 0. The van der Waals surface area contributed by atoms with Crippen LogP contribution in [0, 0.1) is 0 Å². The first-order valence-electron chi connectivity index (χ1n) is 8.78. The fourth-order valence-electron chi connectivity index (χ4n) is 2.86. The zero-order valence-electron chi connectivity index (χ0n) is 14.9. The number of halogens is 1. The molecule has 2 N–H and O–H groups in total. The van der Waals surface area contributed by atoms with E-state index in [4.69, 9.17) is 11.6 Å². The molecule has 0 aliphatic carbocycles. The zero-order chi connectivity index (χ0) is 19.3. The first-order chi connectivity index (χ1) is 13.7. The SMILES string of the molecule is O=C(Nc1cccc2cccnc12)c1ccnc(NCc2ccc(Cl)cc2)c1. The van der Waals surface area contributed by atoms with Crippen LogP contribution < -0.4 is 10.6 Å². The van der Waals surface area contributed by atoms with Crippen LogP contribution in [0.1, 0.15) is 15.9 Å². The van der Waals surface area contributed by atoms with Gasteiger partial charge in [0.1, 0.15) is 5.82 Å². The second-order valence-corrected chi connectivity index (χ2v) is 6.68. The molecule has 0 unspecified atom stereocenters. The van der Waals surface area contributed by atoms with Crippen molar-refractivity contribution in [3.63, 3.8) is 0 Å². The van der Waals surface area contributed by atoms with Gasteiger partial charge in [-0.1, -0.05) is 41.9 Å². The number of anilines is 2. The molecular formula is C22H17ClN4O. The topological polar surface area (TPSA) is 66.9 Å². The summed E-state index contributed by atoms with van der Waals surface area (Å²) in [5, 5.41) is 7.83. The molecule has 138 valence electrons. The number of hydrogen-bond acceptors (Lipinski definition) is 4. The third-order valence-electron chi connectivity index (χ3n) is 4.29. The Bertz CT molecular complexity index is 1120. The van der Waals surface area contributed by atoms with Gasteiger partial charge >= 0.3 is 0 Å². The summed E-state index contributed by atoms with van der Waals surface area (Å²) >= 11 is 5.91. The van der Waals surface area contributed by atoms with Gasteiger partial charge in [0.05, 0.1) is 11.2 Å². The van der Waals surface area contributed by atoms with Crippen LogP contribution in [0.15, 0.2) is 79.1 Å². The minimum absolute atomic E-state index is 0.213. The maximum atomic E-state index is 12.7. The lowest BCUT2D eigenvalue weighted by Crippen LogP contribution is -2.13. The summed E-state index contributed by atoms with van der Waals surface area (Å²) in [6, 6.07) is 20.5. The van der Waals surface area contributed by atoms with Gasteiger partial charge < -0.3 is 10.6 Å². The second kappa shape index (κ2) is 8.06. The highest BCUT2D eigenvalue weighted by molar-refractivity contribution is 6.30. The number of nitrogens with zero attached hydrogens (tertiary/aromatic N) is 2. The Kier molecular flexibility index (Phi) is 5.17. The molecule has 0 saturated carbocycles. The van der Waals surface area contributed by atoms with E-state index in [9.17, 15) is 4.79 Å². The average Bonchev–Trinajstić information content (AvgIpc) is 2.74. The smallest absolute Gasteiger partial charge is 0.255 e. The number of para-hydroxylation sites is 1. The van der Waals surface area contributed by atoms with Gasteiger partial charge in [0.15, 0.2) is 0 Å². The Balaban J connectivity index is 1.48. The first kappa shape index (κ1) is 17.9. The van der Waals surface area contributed by atoms with Crippen molar-refractivity contribution in [2.75, 3.05) is 10.6 Å². The van der Waals surface area contributed by atoms with Gasteiger partial charge in [-0.25, -0.2) is 4.98 Å². The lowest BCUT2D eigenvalue weighted by molar-refractivity contribution is 0.102. The number of pyridine rings is 2. The van der Waals surface area contributed by atoms with Crippen LogP contribution >= 0.6 is 11.6 Å². The predicted molar refractivity (Wildman–Crippen MR) is 113 cm³/mol. The van der Waals surface area contributed by atoms with Crippen LogP contribution in [0.3, 0.4) is 0 Å². The molecule has 0 aliphatic rings. The van der Waals surface area contributed by atoms with Gasteiger partial charge in [0, 0.05) is 34.9 Å². The second-order valence-electron chi connectivity index (χ2n) is 6.24. The van der Waals surface area contributed by atoms with E-state index in [1.165, 1.54) is 0 Å². The van der Waals surface area contributed by atoms with E-state index >= 15 is 0 Å². The van der Waals surface area contributed by atoms with Crippen molar-refractivity contribution in [1.82, 2.24) is 9.97 Å². The molecule has 0 fully saturated rings. The van der Waals surface area contributed by atoms with Gasteiger partial charge in [0.25, 0.3) is 5.91 Å². The highest BCUT2D eigenvalue weighted by Crippen LogP contribution is 2.21. The Hall–Kier alpha value is -3.44. The summed E-state index contributed by atoms with van der Waals surface area (Å²) in [6.45, 7) is 0.586. The van der Waals surface area contributed by atoms with Crippen LogP contribution in [0.4, 0.5) is 11.5 Å². The molecule has 4 aromatic rings. The molecule has 0 aliphatic heterocycles. The van der Waals surface area contributed by atoms with Crippen molar-refractivity contribution in [2.24, 2.45) is 0 Å². The highest BCUT2D eigenvalue weighted by atomic mass is 35.5. The van der Waals surface area contributed by atoms with E-state index in [0.29, 0.717) is 28.6 Å². The third kappa shape index (κ3) is 4.10. The molecule has 4 rings (SSSR count). The molecule has 0 saturated heterocycles. The Morgan fingerprint density at radius 2 is 1.75 bits per heavy atom. The molecule has 28 heavy (non-hydrogen) atoms. The van der Waals surface area contributed by atoms with E-state index in [1.807, 2.05) is 54.6 Å². The van der Waals surface area contributed by atoms with Crippen molar-refractivity contribution in [3.8, 4) is 0 Å². The largest absolute Gasteiger partial charge is 0.366 e. The van der Waals surface area contributed by atoms with Crippen molar-refractivity contribution in [3.05, 3.63) is 95.3 Å². The maximum Gasteiger partial charge on any atom is 0.255 e. The monoisotopic (exact) mass is 388 g/mol. The zero-order valence-corrected chi connectivity index (χ0v) is 15.6. The number of hydrogen-bond donors (Lipinski definition) is 2.